The van der Waals surface area contributed by atoms with Gasteiger partial charge in [-0.25, -0.2) is 9.78 Å². The minimum absolute atomic E-state index is 0.122. The molecule has 2 heterocycles. The number of rotatable bonds is 3. The van der Waals surface area contributed by atoms with Crippen LogP contribution in [0.2, 0.25) is 0 Å². The molecule has 7 nitrogen and oxygen atoms in total. The highest BCUT2D eigenvalue weighted by Crippen LogP contribution is 2.21. The zero-order chi connectivity index (χ0) is 11.5. The number of hydrogen-bond donors (Lipinski definition) is 1. The molecule has 0 atom stereocenters. The minimum Gasteiger partial charge on any atom is -0.460 e. The Kier molecular flexibility index (Phi) is 2.82. The van der Waals surface area contributed by atoms with E-state index in [2.05, 4.69) is 15.1 Å². The van der Waals surface area contributed by atoms with Crippen LogP contribution in [0.3, 0.4) is 0 Å². The minimum atomic E-state index is -0.624. The molecule has 0 aromatic carbocycles. The molecule has 2 N–H and O–H groups in total. The van der Waals surface area contributed by atoms with E-state index in [0.717, 1.165) is 0 Å². The Morgan fingerprint density at radius 3 is 3.06 bits per heavy atom. The molecule has 0 aliphatic rings. The van der Waals surface area contributed by atoms with Crippen molar-refractivity contribution in [1.82, 2.24) is 15.1 Å². The highest BCUT2D eigenvalue weighted by atomic mass is 32.1. The van der Waals surface area contributed by atoms with Gasteiger partial charge in [0.15, 0.2) is 5.13 Å². The molecule has 0 aliphatic heterocycles. The van der Waals surface area contributed by atoms with E-state index in [0.29, 0.717) is 10.8 Å². The summed E-state index contributed by atoms with van der Waals surface area (Å²) in [6.07, 6.45) is 0. The molecule has 8 heteroatoms. The predicted molar refractivity (Wildman–Crippen MR) is 55.8 cm³/mol. The average Bonchev–Trinajstić information content (AvgIpc) is 2.85. The summed E-state index contributed by atoms with van der Waals surface area (Å²) in [7, 11) is 0. The van der Waals surface area contributed by atoms with Crippen LogP contribution in [0.25, 0.3) is 11.6 Å². The average molecular weight is 240 g/mol. The molecule has 0 saturated heterocycles. The Balaban J connectivity index is 2.22. The Labute approximate surface area is 94.2 Å². The van der Waals surface area contributed by atoms with Crippen LogP contribution in [0.5, 0.6) is 0 Å². The summed E-state index contributed by atoms with van der Waals surface area (Å²) < 4.78 is 9.57. The van der Waals surface area contributed by atoms with Gasteiger partial charge in [0, 0.05) is 5.38 Å². The SMILES string of the molecule is CCOC(=O)c1noc(-c2csc(N)n2)n1. The summed E-state index contributed by atoms with van der Waals surface area (Å²) in [6.45, 7) is 1.95. The lowest BCUT2D eigenvalue weighted by Gasteiger charge is -1.93. The number of hydrogen-bond acceptors (Lipinski definition) is 8. The number of esters is 1. The van der Waals surface area contributed by atoms with Gasteiger partial charge >= 0.3 is 5.97 Å². The van der Waals surface area contributed by atoms with Crippen LogP contribution in [0.1, 0.15) is 17.5 Å². The van der Waals surface area contributed by atoms with Crippen molar-refractivity contribution >= 4 is 22.4 Å². The van der Waals surface area contributed by atoms with Gasteiger partial charge in [-0.1, -0.05) is 0 Å². The van der Waals surface area contributed by atoms with Crippen molar-refractivity contribution in [3.8, 4) is 11.6 Å². The Hall–Kier alpha value is -1.96. The van der Waals surface area contributed by atoms with Gasteiger partial charge in [-0.05, 0) is 12.1 Å². The fourth-order valence-electron chi connectivity index (χ4n) is 0.992. The van der Waals surface area contributed by atoms with E-state index < -0.39 is 5.97 Å². The van der Waals surface area contributed by atoms with Crippen LogP contribution in [0, 0.1) is 0 Å². The third kappa shape index (κ3) is 2.01. The zero-order valence-corrected chi connectivity index (χ0v) is 9.15. The molecule has 2 aromatic heterocycles. The number of ether oxygens (including phenoxy) is 1. The number of carbonyl (C=O) groups excluding carboxylic acids is 1. The van der Waals surface area contributed by atoms with Gasteiger partial charge in [0.2, 0.25) is 0 Å². The van der Waals surface area contributed by atoms with Crippen LogP contribution in [0.4, 0.5) is 5.13 Å². The molecular formula is C8H8N4O3S. The van der Waals surface area contributed by atoms with Crippen molar-refractivity contribution in [3.05, 3.63) is 11.2 Å². The molecule has 0 radical (unpaired) electrons. The van der Waals surface area contributed by atoms with Gasteiger partial charge in [-0.3, -0.25) is 0 Å². The summed E-state index contributed by atoms with van der Waals surface area (Å²) in [5.41, 5.74) is 5.91. The number of nitrogens with two attached hydrogens (primary N) is 1. The van der Waals surface area contributed by atoms with Crippen LogP contribution in [0.15, 0.2) is 9.90 Å². The van der Waals surface area contributed by atoms with Crippen molar-refractivity contribution in [2.45, 2.75) is 6.92 Å². The molecule has 84 valence electrons. The first-order valence-electron chi connectivity index (χ1n) is 4.43. The molecule has 0 fully saturated rings. The largest absolute Gasteiger partial charge is 0.460 e. The molecule has 0 bridgehead atoms. The lowest BCUT2D eigenvalue weighted by atomic mass is 10.5. The number of carbonyl (C=O) groups is 1. The lowest BCUT2D eigenvalue weighted by molar-refractivity contribution is 0.0508. The Bertz CT molecular complexity index is 507. The molecule has 0 unspecified atom stereocenters. The predicted octanol–water partition coefficient (Wildman–Crippen LogP) is 0.952. The van der Waals surface area contributed by atoms with Crippen molar-refractivity contribution in [2.24, 2.45) is 0 Å². The van der Waals surface area contributed by atoms with E-state index >= 15 is 0 Å². The maximum atomic E-state index is 11.2. The molecule has 2 aromatic rings. The summed E-state index contributed by atoms with van der Waals surface area (Å²) in [5, 5.41) is 5.54. The van der Waals surface area contributed by atoms with Crippen LogP contribution in [-0.2, 0) is 4.74 Å². The highest BCUT2D eigenvalue weighted by molar-refractivity contribution is 7.13. The number of nitrogens with zero attached hydrogens (tertiary/aromatic N) is 3. The van der Waals surface area contributed by atoms with E-state index in [1.165, 1.54) is 11.3 Å². The second-order valence-corrected chi connectivity index (χ2v) is 3.60. The number of anilines is 1. The highest BCUT2D eigenvalue weighted by Gasteiger charge is 2.17. The molecule has 2 rings (SSSR count). The maximum absolute atomic E-state index is 11.2. The van der Waals surface area contributed by atoms with Crippen LogP contribution < -0.4 is 5.73 Å². The Morgan fingerprint density at radius 1 is 1.62 bits per heavy atom. The molecule has 0 saturated carbocycles. The maximum Gasteiger partial charge on any atom is 0.379 e. The molecule has 0 amide bonds. The molecule has 16 heavy (non-hydrogen) atoms. The van der Waals surface area contributed by atoms with Crippen LogP contribution >= 0.6 is 11.3 Å². The fraction of sp³-hybridized carbons (Fsp3) is 0.250. The number of aromatic nitrogens is 3. The summed E-state index contributed by atoms with van der Waals surface area (Å²) in [4.78, 5) is 19.0. The van der Waals surface area contributed by atoms with E-state index in [1.54, 1.807) is 12.3 Å². The summed E-state index contributed by atoms with van der Waals surface area (Å²) >= 11 is 1.25. The first-order valence-corrected chi connectivity index (χ1v) is 5.31. The standard InChI is InChI=1S/C8H8N4O3S/c1-2-14-7(13)5-11-6(15-12-5)4-3-16-8(9)10-4/h3H,2H2,1H3,(H2,9,10). The van der Waals surface area contributed by atoms with Crippen LogP contribution in [-0.4, -0.2) is 27.7 Å². The van der Waals surface area contributed by atoms with Gasteiger partial charge in [-0.2, -0.15) is 4.98 Å². The quantitative estimate of drug-likeness (QED) is 0.796. The van der Waals surface area contributed by atoms with Crippen molar-refractivity contribution < 1.29 is 14.1 Å². The smallest absolute Gasteiger partial charge is 0.379 e. The van der Waals surface area contributed by atoms with Gasteiger partial charge in [-0.15, -0.1) is 11.3 Å². The number of nitrogen functional groups attached to an aromatic ring is 1. The van der Waals surface area contributed by atoms with Crippen molar-refractivity contribution in [1.29, 1.82) is 0 Å². The van der Waals surface area contributed by atoms with Gasteiger partial charge in [0.05, 0.1) is 6.61 Å². The molecule has 0 aliphatic carbocycles. The van der Waals surface area contributed by atoms with Crippen molar-refractivity contribution in [3.63, 3.8) is 0 Å². The van der Waals surface area contributed by atoms with E-state index in [9.17, 15) is 4.79 Å². The normalized spacial score (nSPS) is 10.3. The first-order chi connectivity index (χ1) is 7.70. The summed E-state index contributed by atoms with van der Waals surface area (Å²) in [5.74, 6) is -0.597. The van der Waals surface area contributed by atoms with Gasteiger partial charge < -0.3 is 15.0 Å². The van der Waals surface area contributed by atoms with Gasteiger partial charge in [0.25, 0.3) is 11.7 Å². The van der Waals surface area contributed by atoms with E-state index in [-0.39, 0.29) is 18.3 Å². The number of thiazole rings is 1. The molecule has 0 spiro atoms. The van der Waals surface area contributed by atoms with E-state index in [1.807, 2.05) is 0 Å². The third-order valence-corrected chi connectivity index (χ3v) is 2.30. The second kappa shape index (κ2) is 4.27. The zero-order valence-electron chi connectivity index (χ0n) is 8.34. The monoisotopic (exact) mass is 240 g/mol. The van der Waals surface area contributed by atoms with Crippen molar-refractivity contribution in [2.75, 3.05) is 12.3 Å². The Morgan fingerprint density at radius 2 is 2.44 bits per heavy atom. The third-order valence-electron chi connectivity index (χ3n) is 1.63. The van der Waals surface area contributed by atoms with Gasteiger partial charge in [0.1, 0.15) is 5.69 Å². The van der Waals surface area contributed by atoms with E-state index in [4.69, 9.17) is 15.0 Å². The molecular weight excluding hydrogens is 232 g/mol. The first kappa shape index (κ1) is 10.6. The summed E-state index contributed by atoms with van der Waals surface area (Å²) in [6, 6.07) is 0. The topological polar surface area (TPSA) is 104 Å². The lowest BCUT2D eigenvalue weighted by Crippen LogP contribution is -2.06. The fourth-order valence-corrected chi connectivity index (χ4v) is 1.53. The second-order valence-electron chi connectivity index (χ2n) is 2.71.